The third-order valence-electron chi connectivity index (χ3n) is 0. The quantitative estimate of drug-likeness (QED) is 0.225. The van der Waals surface area contributed by atoms with E-state index >= 15 is 0 Å². The number of hydrogen-bond acceptors (Lipinski definition) is 0. The Morgan fingerprint density at radius 1 is 1.00 bits per heavy atom. The van der Waals surface area contributed by atoms with Crippen LogP contribution in [0.4, 0.5) is 0 Å². The van der Waals surface area contributed by atoms with E-state index in [1.165, 1.54) is 0 Å². The van der Waals surface area contributed by atoms with Gasteiger partial charge in [-0.3, -0.25) is 0 Å². The van der Waals surface area contributed by atoms with Crippen molar-refractivity contribution in [1.29, 1.82) is 0 Å². The van der Waals surface area contributed by atoms with Gasteiger partial charge in [-0.25, -0.2) is 0 Å². The van der Waals surface area contributed by atoms with E-state index in [1.54, 1.807) is 0 Å². The zero-order chi connectivity index (χ0) is 0. The SMILES string of the molecule is [AsH3].[BiH3].[Hg].[SbH3].[SeH2]. The molecule has 0 aromatic carbocycles. The van der Waals surface area contributed by atoms with Gasteiger partial charge < -0.3 is 0 Å². The molecule has 0 nitrogen and oxygen atoms in total. The minimum atomic E-state index is 0. The van der Waals surface area contributed by atoms with E-state index in [0.717, 1.165) is 0 Å². The topological polar surface area (TPSA) is 0 Å². The first kappa shape index (κ1) is 37.6. The van der Waals surface area contributed by atoms with Crippen molar-refractivity contribution in [2.45, 2.75) is 0 Å². The van der Waals surface area contributed by atoms with Gasteiger partial charge in [0, 0.05) is 27.7 Å². The molecule has 0 radical (unpaired) electrons. The number of rotatable bonds is 0. The molecule has 0 saturated carbocycles. The molecule has 0 aliphatic rings. The molecule has 1 atom stereocenters. The van der Waals surface area contributed by atoms with Gasteiger partial charge in [-0.2, -0.15) is 0 Å². The molecule has 0 aromatic rings. The molecule has 0 saturated heterocycles. The molecule has 0 heterocycles. The molecule has 0 spiro atoms. The standard InChI is InChI=1S/AsH3.Bi.Hg.Sb.H2Se.6H/h1H3;;;;1H2;;;;;;. The zero-order valence-corrected chi connectivity index (χ0v) is 23.4. The second-order valence-corrected chi connectivity index (χ2v) is 0. The summed E-state index contributed by atoms with van der Waals surface area (Å²) in [5.74, 6) is 0. The van der Waals surface area contributed by atoms with Crippen LogP contribution in [0.5, 0.6) is 0 Å². The van der Waals surface area contributed by atoms with Crippen molar-refractivity contribution in [3.05, 3.63) is 0 Å². The van der Waals surface area contributed by atoms with Gasteiger partial charge in [0.2, 0.25) is 0 Å². The van der Waals surface area contributed by atoms with Gasteiger partial charge in [-0.15, -0.1) is 0 Å². The molecule has 0 N–H and O–H groups in total. The molecule has 0 aliphatic carbocycles. The second-order valence-electron chi connectivity index (χ2n) is 0. The van der Waals surface area contributed by atoms with Crippen molar-refractivity contribution in [2.24, 2.45) is 0 Å². The molecule has 0 aliphatic heterocycles. The van der Waals surface area contributed by atoms with Gasteiger partial charge in [0.1, 0.15) is 0 Å². The van der Waals surface area contributed by atoms with E-state index in [9.17, 15) is 0 Å². The van der Waals surface area contributed by atoms with Crippen molar-refractivity contribution in [3.8, 4) is 0 Å². The van der Waals surface area contributed by atoms with Crippen LogP contribution in [0, 0.1) is 0 Å². The summed E-state index contributed by atoms with van der Waals surface area (Å²) in [6.45, 7) is 0. The Morgan fingerprint density at radius 2 is 1.00 bits per heavy atom. The van der Waals surface area contributed by atoms with Crippen LogP contribution in [0.1, 0.15) is 0 Å². The first-order valence-corrected chi connectivity index (χ1v) is 0. The summed E-state index contributed by atoms with van der Waals surface area (Å²) in [4.78, 5) is 0. The molecule has 0 amide bonds. The van der Waals surface area contributed by atoms with E-state index in [0.29, 0.717) is 0 Å². The van der Waals surface area contributed by atoms with Crippen LogP contribution in [-0.4, -0.2) is 85.7 Å². The van der Waals surface area contributed by atoms with Gasteiger partial charge in [0.05, 0.1) is 0 Å². The minimum absolute atomic E-state index is 0. The molecule has 5 heteroatoms. The van der Waals surface area contributed by atoms with E-state index in [2.05, 4.69) is 0 Å². The van der Waals surface area contributed by atoms with Crippen molar-refractivity contribution in [3.63, 3.8) is 0 Å². The Balaban J connectivity index is 0. The van der Waals surface area contributed by atoms with Crippen LogP contribution in [0.25, 0.3) is 0 Å². The Hall–Kier alpha value is 3.71. The van der Waals surface area contributed by atoms with E-state index < -0.39 is 0 Å². The van der Waals surface area contributed by atoms with Gasteiger partial charge in [0.25, 0.3) is 0 Å². The summed E-state index contributed by atoms with van der Waals surface area (Å²) in [5, 5.41) is 0. The molecular formula is H11AsBiHgSbSe. The summed E-state index contributed by atoms with van der Waals surface area (Å²) in [6, 6.07) is 0. The summed E-state index contributed by atoms with van der Waals surface area (Å²) < 4.78 is 0. The predicted molar refractivity (Wildman–Crippen MR) is 38.4 cm³/mol. The Labute approximate surface area is 111 Å². The van der Waals surface area contributed by atoms with Gasteiger partial charge in [-0.05, 0) is 0 Å². The average molecular weight is 696 g/mol. The molecule has 0 aromatic heterocycles. The van der Waals surface area contributed by atoms with Gasteiger partial charge in [-0.1, -0.05) is 0 Å². The first-order chi connectivity index (χ1) is 0. The van der Waals surface area contributed by atoms with Crippen LogP contribution in [-0.2, 0) is 27.7 Å². The van der Waals surface area contributed by atoms with Crippen LogP contribution in [0.15, 0.2) is 0 Å². The Bertz CT molecular complexity index is 11.6. The van der Waals surface area contributed by atoms with Crippen LogP contribution < -0.4 is 0 Å². The van der Waals surface area contributed by atoms with Crippen molar-refractivity contribution in [1.82, 2.24) is 0 Å². The fraction of sp³-hybridized carbons (Fsp3) is 0. The fourth-order valence-corrected chi connectivity index (χ4v) is 0. The Morgan fingerprint density at radius 3 is 1.00 bits per heavy atom. The normalized spacial score (nSPS) is 0. The van der Waals surface area contributed by atoms with Crippen LogP contribution >= 0.6 is 0 Å². The Kier molecular flexibility index (Phi) is 190. The summed E-state index contributed by atoms with van der Waals surface area (Å²) in [5.41, 5.74) is 0. The molecule has 34 valence electrons. The molecule has 0 bridgehead atoms. The molecule has 1 unspecified atom stereocenters. The summed E-state index contributed by atoms with van der Waals surface area (Å²) in [6.07, 6.45) is 0. The summed E-state index contributed by atoms with van der Waals surface area (Å²) >= 11 is 0. The van der Waals surface area contributed by atoms with E-state index in [1.807, 2.05) is 0 Å². The monoisotopic (exact) mass is 698 g/mol. The maximum absolute atomic E-state index is 0. The van der Waals surface area contributed by atoms with Gasteiger partial charge >= 0.3 is 85.7 Å². The van der Waals surface area contributed by atoms with E-state index in [4.69, 9.17) is 0 Å². The van der Waals surface area contributed by atoms with E-state index in [-0.39, 0.29) is 113 Å². The van der Waals surface area contributed by atoms with Crippen molar-refractivity contribution in [2.75, 3.05) is 0 Å². The molecule has 5 heavy (non-hydrogen) atoms. The van der Waals surface area contributed by atoms with Crippen molar-refractivity contribution >= 4 is 85.7 Å². The first-order valence-electron chi connectivity index (χ1n) is 0. The van der Waals surface area contributed by atoms with Crippen LogP contribution in [0.2, 0.25) is 0 Å². The van der Waals surface area contributed by atoms with Crippen molar-refractivity contribution < 1.29 is 27.7 Å². The van der Waals surface area contributed by atoms with Crippen LogP contribution in [0.3, 0.4) is 0 Å². The van der Waals surface area contributed by atoms with Gasteiger partial charge in [0.15, 0.2) is 0 Å². The summed E-state index contributed by atoms with van der Waals surface area (Å²) in [7, 11) is 0. The zero-order valence-electron chi connectivity index (χ0n) is 3.33. The third kappa shape index (κ3) is 18.3. The average Bonchev–Trinajstić information content (AvgIpc) is 0. The molecular weight excluding hydrogens is 685 g/mol. The maximum atomic E-state index is 0. The molecule has 0 rings (SSSR count). The second kappa shape index (κ2) is 25.2. The predicted octanol–water partition coefficient (Wildman–Crippen LogP) is -4.47. The third-order valence-corrected chi connectivity index (χ3v) is 0. The number of hydrogen-bond donors (Lipinski definition) is 0. The fourth-order valence-electron chi connectivity index (χ4n) is 0. The molecule has 0 fully saturated rings.